The Labute approximate surface area is 153 Å². The minimum Gasteiger partial charge on any atom is -0.494 e. The van der Waals surface area contributed by atoms with Crippen molar-refractivity contribution < 1.29 is 24.2 Å². The van der Waals surface area contributed by atoms with Gasteiger partial charge in [-0.1, -0.05) is 12.8 Å². The van der Waals surface area contributed by atoms with E-state index in [9.17, 15) is 19.5 Å². The Morgan fingerprint density at radius 3 is 2.54 bits per heavy atom. The van der Waals surface area contributed by atoms with Crippen molar-refractivity contribution in [2.45, 2.75) is 45.1 Å². The normalized spacial score (nSPS) is 22.3. The first kappa shape index (κ1) is 19.8. The highest BCUT2D eigenvalue weighted by Gasteiger charge is 2.42. The van der Waals surface area contributed by atoms with Crippen molar-refractivity contribution in [2.75, 3.05) is 13.2 Å². The van der Waals surface area contributed by atoms with Crippen LogP contribution in [0, 0.1) is 5.92 Å². The number of carboxylic acid groups (broad SMARTS) is 1. The second-order valence-electron chi connectivity index (χ2n) is 6.74. The molecule has 7 heteroatoms. The van der Waals surface area contributed by atoms with Gasteiger partial charge in [0.2, 0.25) is 5.91 Å². The van der Waals surface area contributed by atoms with Crippen LogP contribution < -0.4 is 15.4 Å². The van der Waals surface area contributed by atoms with E-state index in [0.29, 0.717) is 30.8 Å². The Hall–Kier alpha value is -2.57. The quantitative estimate of drug-likeness (QED) is 0.688. The minimum absolute atomic E-state index is 0.200. The lowest BCUT2D eigenvalue weighted by Gasteiger charge is -2.39. The summed E-state index contributed by atoms with van der Waals surface area (Å²) < 4.78 is 5.32. The number of carbonyl (C=O) groups excluding carboxylic acids is 2. The first-order valence-corrected chi connectivity index (χ1v) is 8.90. The smallest absolute Gasteiger partial charge is 0.308 e. The Morgan fingerprint density at radius 2 is 1.92 bits per heavy atom. The third-order valence-electron chi connectivity index (χ3n) is 4.77. The van der Waals surface area contributed by atoms with E-state index in [1.165, 1.54) is 0 Å². The van der Waals surface area contributed by atoms with Crippen molar-refractivity contribution in [3.63, 3.8) is 0 Å². The fourth-order valence-electron chi connectivity index (χ4n) is 3.37. The number of hydrogen-bond donors (Lipinski definition) is 3. The zero-order chi connectivity index (χ0) is 19.2. The average molecular weight is 362 g/mol. The molecule has 1 aliphatic rings. The molecule has 3 N–H and O–H groups in total. The summed E-state index contributed by atoms with van der Waals surface area (Å²) in [4.78, 5) is 35.8. The Morgan fingerprint density at radius 1 is 1.23 bits per heavy atom. The van der Waals surface area contributed by atoms with Crippen molar-refractivity contribution in [1.82, 2.24) is 10.6 Å². The van der Waals surface area contributed by atoms with Gasteiger partial charge in [-0.25, -0.2) is 0 Å². The molecule has 1 aromatic carbocycles. The lowest BCUT2D eigenvalue weighted by Crippen LogP contribution is -2.57. The van der Waals surface area contributed by atoms with Crippen molar-refractivity contribution in [1.29, 1.82) is 0 Å². The molecular formula is C19H26N2O5. The van der Waals surface area contributed by atoms with Crippen LogP contribution in [0.3, 0.4) is 0 Å². The van der Waals surface area contributed by atoms with E-state index in [-0.39, 0.29) is 18.4 Å². The summed E-state index contributed by atoms with van der Waals surface area (Å²) >= 11 is 0. The third kappa shape index (κ3) is 4.97. The number of hydrogen-bond acceptors (Lipinski definition) is 4. The molecule has 0 radical (unpaired) electrons. The average Bonchev–Trinajstić information content (AvgIpc) is 2.60. The van der Waals surface area contributed by atoms with E-state index in [1.807, 2.05) is 6.92 Å². The lowest BCUT2D eigenvalue weighted by molar-refractivity contribution is -0.146. The summed E-state index contributed by atoms with van der Waals surface area (Å²) in [6.07, 6.45) is 2.88. The Kier molecular flexibility index (Phi) is 6.60. The molecule has 1 aromatic rings. The number of carboxylic acids is 1. The summed E-state index contributed by atoms with van der Waals surface area (Å²) in [7, 11) is 0. The number of ether oxygens (including phenoxy) is 1. The molecule has 0 spiro atoms. The van der Waals surface area contributed by atoms with Gasteiger partial charge in [0, 0.05) is 5.56 Å². The Bertz CT molecular complexity index is 658. The van der Waals surface area contributed by atoms with Gasteiger partial charge in [0.15, 0.2) is 0 Å². The number of carbonyl (C=O) groups is 3. The van der Waals surface area contributed by atoms with Crippen LogP contribution in [0.25, 0.3) is 0 Å². The molecule has 1 aliphatic carbocycles. The number of amides is 2. The number of aliphatic carboxylic acids is 1. The molecule has 2 unspecified atom stereocenters. The van der Waals surface area contributed by atoms with Gasteiger partial charge in [0.25, 0.3) is 5.91 Å². The Balaban J connectivity index is 1.89. The molecular weight excluding hydrogens is 336 g/mol. The van der Waals surface area contributed by atoms with Crippen LogP contribution in [0.1, 0.15) is 49.9 Å². The predicted octanol–water partition coefficient (Wildman–Crippen LogP) is 1.96. The molecule has 2 rings (SSSR count). The molecule has 2 amide bonds. The van der Waals surface area contributed by atoms with E-state index in [4.69, 9.17) is 4.74 Å². The van der Waals surface area contributed by atoms with Crippen molar-refractivity contribution in [3.05, 3.63) is 29.8 Å². The van der Waals surface area contributed by atoms with Crippen LogP contribution in [0.2, 0.25) is 0 Å². The molecule has 0 aromatic heterocycles. The third-order valence-corrected chi connectivity index (χ3v) is 4.77. The standard InChI is InChI=1S/C19H26N2O5/c1-3-26-14-9-7-13(8-10-14)17(23)20-12-16(22)21-19(2)11-5-4-6-15(19)18(24)25/h7-10,15H,3-6,11-12H2,1-2H3,(H,20,23)(H,21,22)(H,24,25). The summed E-state index contributed by atoms with van der Waals surface area (Å²) in [5.74, 6) is -1.59. The van der Waals surface area contributed by atoms with Crippen molar-refractivity contribution in [3.8, 4) is 5.75 Å². The van der Waals surface area contributed by atoms with Gasteiger partial charge >= 0.3 is 5.97 Å². The van der Waals surface area contributed by atoms with Gasteiger partial charge in [-0.3, -0.25) is 14.4 Å². The zero-order valence-electron chi connectivity index (χ0n) is 15.2. The lowest BCUT2D eigenvalue weighted by atomic mass is 9.74. The van der Waals surface area contributed by atoms with Crippen LogP contribution in [0.4, 0.5) is 0 Å². The first-order valence-electron chi connectivity index (χ1n) is 8.90. The fraction of sp³-hybridized carbons (Fsp3) is 0.526. The topological polar surface area (TPSA) is 105 Å². The molecule has 7 nitrogen and oxygen atoms in total. The maximum Gasteiger partial charge on any atom is 0.308 e. The van der Waals surface area contributed by atoms with E-state index in [0.717, 1.165) is 12.8 Å². The van der Waals surface area contributed by atoms with Crippen LogP contribution in [-0.2, 0) is 9.59 Å². The van der Waals surface area contributed by atoms with E-state index in [1.54, 1.807) is 31.2 Å². The summed E-state index contributed by atoms with van der Waals surface area (Å²) in [5, 5.41) is 14.7. The van der Waals surface area contributed by atoms with Gasteiger partial charge in [0.05, 0.1) is 24.6 Å². The SMILES string of the molecule is CCOc1ccc(C(=O)NCC(=O)NC2(C)CCCCC2C(=O)O)cc1. The fourth-order valence-corrected chi connectivity index (χ4v) is 3.37. The molecule has 142 valence electrons. The molecule has 0 bridgehead atoms. The monoisotopic (exact) mass is 362 g/mol. The number of benzene rings is 1. The predicted molar refractivity (Wildman–Crippen MR) is 96.1 cm³/mol. The van der Waals surface area contributed by atoms with Gasteiger partial charge in [-0.05, 0) is 51.0 Å². The number of nitrogens with one attached hydrogen (secondary N) is 2. The largest absolute Gasteiger partial charge is 0.494 e. The highest BCUT2D eigenvalue weighted by Crippen LogP contribution is 2.33. The zero-order valence-corrected chi connectivity index (χ0v) is 15.2. The molecule has 1 saturated carbocycles. The van der Waals surface area contributed by atoms with Gasteiger partial charge in [-0.2, -0.15) is 0 Å². The maximum absolute atomic E-state index is 12.2. The van der Waals surface area contributed by atoms with Gasteiger partial charge < -0.3 is 20.5 Å². The van der Waals surface area contributed by atoms with E-state index in [2.05, 4.69) is 10.6 Å². The number of rotatable bonds is 7. The van der Waals surface area contributed by atoms with E-state index >= 15 is 0 Å². The molecule has 1 fully saturated rings. The second kappa shape index (κ2) is 8.69. The molecule has 26 heavy (non-hydrogen) atoms. The maximum atomic E-state index is 12.2. The van der Waals surface area contributed by atoms with Gasteiger partial charge in [0.1, 0.15) is 5.75 Å². The van der Waals surface area contributed by atoms with Crippen molar-refractivity contribution in [2.24, 2.45) is 5.92 Å². The highest BCUT2D eigenvalue weighted by atomic mass is 16.5. The minimum atomic E-state index is -0.897. The van der Waals surface area contributed by atoms with Crippen molar-refractivity contribution >= 4 is 17.8 Å². The van der Waals surface area contributed by atoms with Gasteiger partial charge in [-0.15, -0.1) is 0 Å². The van der Waals surface area contributed by atoms with Crippen LogP contribution in [0.5, 0.6) is 5.75 Å². The van der Waals surface area contributed by atoms with Crippen LogP contribution >= 0.6 is 0 Å². The summed E-state index contributed by atoms with van der Waals surface area (Å²) in [6, 6.07) is 6.64. The summed E-state index contributed by atoms with van der Waals surface area (Å²) in [5.41, 5.74) is -0.362. The molecule has 0 heterocycles. The first-order chi connectivity index (χ1) is 12.4. The molecule has 0 saturated heterocycles. The highest BCUT2D eigenvalue weighted by molar-refractivity contribution is 5.96. The van der Waals surface area contributed by atoms with Crippen LogP contribution in [0.15, 0.2) is 24.3 Å². The second-order valence-corrected chi connectivity index (χ2v) is 6.74. The van der Waals surface area contributed by atoms with Crippen LogP contribution in [-0.4, -0.2) is 41.6 Å². The molecule has 2 atom stereocenters. The summed E-state index contributed by atoms with van der Waals surface area (Å²) in [6.45, 7) is 3.98. The van der Waals surface area contributed by atoms with E-state index < -0.39 is 17.4 Å². The molecule has 0 aliphatic heterocycles.